The van der Waals surface area contributed by atoms with Crippen molar-refractivity contribution in [2.45, 2.75) is 11.1 Å². The highest BCUT2D eigenvalue weighted by Gasteiger charge is 2.18. The molecular weight excluding hydrogens is 302 g/mol. The molecule has 0 saturated carbocycles. The van der Waals surface area contributed by atoms with Crippen molar-refractivity contribution < 1.29 is 18.3 Å². The molecule has 106 valence electrons. The van der Waals surface area contributed by atoms with E-state index in [0.717, 1.165) is 11.3 Å². The van der Waals surface area contributed by atoms with Gasteiger partial charge >= 0.3 is 5.97 Å². The van der Waals surface area contributed by atoms with Crippen LogP contribution in [0.5, 0.6) is 0 Å². The van der Waals surface area contributed by atoms with E-state index in [9.17, 15) is 13.2 Å². The summed E-state index contributed by atoms with van der Waals surface area (Å²) in [6.07, 6.45) is 1.25. The quantitative estimate of drug-likeness (QED) is 0.736. The van der Waals surface area contributed by atoms with Gasteiger partial charge in [0.1, 0.15) is 0 Å². The van der Waals surface area contributed by atoms with Crippen LogP contribution in [-0.4, -0.2) is 24.5 Å². The number of hydrogen-bond donors (Lipinski definition) is 3. The van der Waals surface area contributed by atoms with Gasteiger partial charge in [0.25, 0.3) is 10.0 Å². The average molecular weight is 313 g/mol. The molecule has 0 saturated heterocycles. The van der Waals surface area contributed by atoms with E-state index in [4.69, 9.17) is 10.8 Å². The van der Waals surface area contributed by atoms with E-state index in [1.165, 1.54) is 24.4 Å². The molecule has 4 N–H and O–H groups in total. The Balaban J connectivity index is 2.32. The first-order valence-corrected chi connectivity index (χ1v) is 7.67. The monoisotopic (exact) mass is 313 g/mol. The number of thiazole rings is 1. The van der Waals surface area contributed by atoms with Gasteiger partial charge in [-0.2, -0.15) is 0 Å². The number of rotatable bonds is 4. The average Bonchev–Trinajstić information content (AvgIpc) is 2.79. The molecule has 2 aromatic rings. The molecule has 0 aliphatic carbocycles. The third-order valence-corrected chi connectivity index (χ3v) is 5.15. The number of aromatic nitrogens is 1. The molecule has 0 aliphatic heterocycles. The zero-order valence-corrected chi connectivity index (χ0v) is 12.0. The van der Waals surface area contributed by atoms with Gasteiger partial charge in [-0.15, -0.1) is 11.3 Å². The number of aromatic carboxylic acids is 1. The molecule has 7 nitrogen and oxygen atoms in total. The molecular formula is C11H11N3O4S2. The standard InChI is InChI=1S/C11H11N3O4S2/c1-6-13-5-10(19-6)20(17,18)14-9-3-2-7(11(15)16)4-8(9)12/h2-5,14H,12H2,1H3,(H,15,16). The Kier molecular flexibility index (Phi) is 3.64. The second-order valence-electron chi connectivity index (χ2n) is 3.91. The first kappa shape index (κ1) is 14.3. The van der Waals surface area contributed by atoms with Crippen molar-refractivity contribution in [2.75, 3.05) is 10.5 Å². The van der Waals surface area contributed by atoms with Gasteiger partial charge in [0.05, 0.1) is 28.1 Å². The maximum atomic E-state index is 12.1. The number of hydrogen-bond acceptors (Lipinski definition) is 6. The molecule has 2 rings (SSSR count). The first-order valence-electron chi connectivity index (χ1n) is 5.37. The number of carboxylic acid groups (broad SMARTS) is 1. The summed E-state index contributed by atoms with van der Waals surface area (Å²) in [6, 6.07) is 3.77. The van der Waals surface area contributed by atoms with Gasteiger partial charge in [-0.1, -0.05) is 0 Å². The summed E-state index contributed by atoms with van der Waals surface area (Å²) in [5, 5.41) is 9.44. The highest BCUT2D eigenvalue weighted by molar-refractivity contribution is 7.94. The maximum absolute atomic E-state index is 12.1. The molecule has 0 bridgehead atoms. The number of aryl methyl sites for hydroxylation is 1. The number of benzene rings is 1. The van der Waals surface area contributed by atoms with Gasteiger partial charge in [-0.3, -0.25) is 4.72 Å². The van der Waals surface area contributed by atoms with Crippen molar-refractivity contribution >= 4 is 38.7 Å². The Morgan fingerprint density at radius 1 is 1.45 bits per heavy atom. The predicted molar refractivity (Wildman–Crippen MR) is 75.5 cm³/mol. The van der Waals surface area contributed by atoms with Crippen LogP contribution in [0.25, 0.3) is 0 Å². The Bertz CT molecular complexity index is 768. The zero-order chi connectivity index (χ0) is 14.9. The number of carbonyl (C=O) groups is 1. The van der Waals surface area contributed by atoms with Crippen molar-refractivity contribution in [3.63, 3.8) is 0 Å². The van der Waals surface area contributed by atoms with Crippen molar-refractivity contribution in [3.05, 3.63) is 35.0 Å². The molecule has 20 heavy (non-hydrogen) atoms. The maximum Gasteiger partial charge on any atom is 0.335 e. The van der Waals surface area contributed by atoms with Crippen LogP contribution in [0.3, 0.4) is 0 Å². The summed E-state index contributed by atoms with van der Waals surface area (Å²) < 4.78 is 26.5. The molecule has 0 radical (unpaired) electrons. The zero-order valence-electron chi connectivity index (χ0n) is 10.3. The molecule has 1 heterocycles. The van der Waals surface area contributed by atoms with Gasteiger partial charge in [0.2, 0.25) is 0 Å². The van der Waals surface area contributed by atoms with Crippen molar-refractivity contribution in [3.8, 4) is 0 Å². The van der Waals surface area contributed by atoms with Crippen LogP contribution >= 0.6 is 11.3 Å². The largest absolute Gasteiger partial charge is 0.478 e. The van der Waals surface area contributed by atoms with Crippen LogP contribution < -0.4 is 10.5 Å². The van der Waals surface area contributed by atoms with Crippen LogP contribution in [-0.2, 0) is 10.0 Å². The van der Waals surface area contributed by atoms with Crippen LogP contribution in [0.4, 0.5) is 11.4 Å². The summed E-state index contributed by atoms with van der Waals surface area (Å²) in [4.78, 5) is 14.6. The van der Waals surface area contributed by atoms with Gasteiger partial charge in [-0.05, 0) is 25.1 Å². The number of sulfonamides is 1. The first-order chi connectivity index (χ1) is 9.29. The molecule has 0 amide bonds. The number of anilines is 2. The number of nitrogens with zero attached hydrogens (tertiary/aromatic N) is 1. The molecule has 1 aromatic carbocycles. The summed E-state index contributed by atoms with van der Waals surface area (Å²) in [7, 11) is -3.77. The van der Waals surface area contributed by atoms with Gasteiger partial charge in [0, 0.05) is 0 Å². The highest BCUT2D eigenvalue weighted by atomic mass is 32.2. The lowest BCUT2D eigenvalue weighted by atomic mass is 10.2. The van der Waals surface area contributed by atoms with E-state index in [1.54, 1.807) is 6.92 Å². The second kappa shape index (κ2) is 5.10. The van der Waals surface area contributed by atoms with Gasteiger partial charge in [-0.25, -0.2) is 18.2 Å². The van der Waals surface area contributed by atoms with Gasteiger partial charge in [0.15, 0.2) is 4.21 Å². The minimum atomic E-state index is -3.77. The Morgan fingerprint density at radius 2 is 2.15 bits per heavy atom. The fraction of sp³-hybridized carbons (Fsp3) is 0.0909. The van der Waals surface area contributed by atoms with Crippen molar-refractivity contribution in [1.29, 1.82) is 0 Å². The molecule has 0 unspecified atom stereocenters. The third-order valence-electron chi connectivity index (χ3n) is 2.41. The normalized spacial score (nSPS) is 11.2. The van der Waals surface area contributed by atoms with Crippen molar-refractivity contribution in [2.24, 2.45) is 0 Å². The predicted octanol–water partition coefficient (Wildman–Crippen LogP) is 1.53. The number of nitrogens with two attached hydrogens (primary N) is 1. The van der Waals surface area contributed by atoms with E-state index in [1.807, 2.05) is 0 Å². The topological polar surface area (TPSA) is 122 Å². The van der Waals surface area contributed by atoms with E-state index in [2.05, 4.69) is 9.71 Å². The minimum Gasteiger partial charge on any atom is -0.478 e. The second-order valence-corrected chi connectivity index (χ2v) is 7.06. The van der Waals surface area contributed by atoms with E-state index in [-0.39, 0.29) is 21.1 Å². The molecule has 1 aromatic heterocycles. The Morgan fingerprint density at radius 3 is 2.65 bits per heavy atom. The fourth-order valence-corrected chi connectivity index (χ4v) is 3.64. The lowest BCUT2D eigenvalue weighted by Crippen LogP contribution is -2.13. The van der Waals surface area contributed by atoms with Gasteiger partial charge < -0.3 is 10.8 Å². The summed E-state index contributed by atoms with van der Waals surface area (Å²) >= 11 is 1.03. The molecule has 0 atom stereocenters. The molecule has 0 aliphatic rings. The van der Waals surface area contributed by atoms with E-state index < -0.39 is 16.0 Å². The minimum absolute atomic E-state index is 0.0147. The van der Waals surface area contributed by atoms with Crippen LogP contribution in [0.2, 0.25) is 0 Å². The lowest BCUT2D eigenvalue weighted by Gasteiger charge is -2.09. The van der Waals surface area contributed by atoms with E-state index in [0.29, 0.717) is 5.01 Å². The van der Waals surface area contributed by atoms with Crippen LogP contribution in [0.15, 0.2) is 28.6 Å². The smallest absolute Gasteiger partial charge is 0.335 e. The van der Waals surface area contributed by atoms with E-state index >= 15 is 0 Å². The third kappa shape index (κ3) is 2.89. The molecule has 0 fully saturated rings. The van der Waals surface area contributed by atoms with Crippen LogP contribution in [0, 0.1) is 6.92 Å². The van der Waals surface area contributed by atoms with Crippen molar-refractivity contribution in [1.82, 2.24) is 4.98 Å². The summed E-state index contributed by atoms with van der Waals surface area (Å²) in [5.41, 5.74) is 5.80. The highest BCUT2D eigenvalue weighted by Crippen LogP contribution is 2.25. The molecule has 0 spiro atoms. The number of nitrogens with one attached hydrogen (secondary N) is 1. The SMILES string of the molecule is Cc1ncc(S(=O)(=O)Nc2ccc(C(=O)O)cc2N)s1. The summed E-state index contributed by atoms with van der Waals surface area (Å²) in [5.74, 6) is -1.14. The summed E-state index contributed by atoms with van der Waals surface area (Å²) in [6.45, 7) is 1.69. The number of carboxylic acids is 1. The van der Waals surface area contributed by atoms with Crippen LogP contribution in [0.1, 0.15) is 15.4 Å². The molecule has 9 heteroatoms. The Labute approximate surface area is 119 Å². The Hall–Kier alpha value is -2.13. The number of nitrogen functional groups attached to an aromatic ring is 1. The fourth-order valence-electron chi connectivity index (χ4n) is 1.45. The lowest BCUT2D eigenvalue weighted by molar-refractivity contribution is 0.0697.